The molecule has 18 heavy (non-hydrogen) atoms. The Labute approximate surface area is 109 Å². The van der Waals surface area contributed by atoms with Gasteiger partial charge >= 0.3 is 0 Å². The largest absolute Gasteiger partial charge is 0.330 e. The molecule has 0 aromatic carbocycles. The lowest BCUT2D eigenvalue weighted by molar-refractivity contribution is -0.0539. The van der Waals surface area contributed by atoms with E-state index in [0.717, 1.165) is 30.2 Å². The van der Waals surface area contributed by atoms with E-state index in [2.05, 4.69) is 17.1 Å². The fraction of sp³-hybridized carbons (Fsp3) is 0.688. The summed E-state index contributed by atoms with van der Waals surface area (Å²) in [5, 5.41) is 0. The Morgan fingerprint density at radius 1 is 1.17 bits per heavy atom. The Hall–Kier alpha value is -0.890. The zero-order valence-electron chi connectivity index (χ0n) is 10.9. The first-order valence-corrected chi connectivity index (χ1v) is 7.42. The molecule has 2 heteroatoms. The molecular formula is C16H22N2. The number of pyridine rings is 1. The maximum atomic E-state index is 6.02. The van der Waals surface area contributed by atoms with Crippen LogP contribution in [0.15, 0.2) is 24.4 Å². The van der Waals surface area contributed by atoms with Crippen molar-refractivity contribution >= 4 is 0 Å². The first-order chi connectivity index (χ1) is 8.81. The minimum atomic E-state index is 0.406. The second-order valence-electron chi connectivity index (χ2n) is 6.86. The van der Waals surface area contributed by atoms with E-state index in [4.69, 9.17) is 5.73 Å². The molecule has 0 spiro atoms. The van der Waals surface area contributed by atoms with Crippen molar-refractivity contribution in [3.63, 3.8) is 0 Å². The lowest BCUT2D eigenvalue weighted by atomic mass is 9.45. The van der Waals surface area contributed by atoms with Gasteiger partial charge in [-0.05, 0) is 74.5 Å². The minimum Gasteiger partial charge on any atom is -0.330 e. The Morgan fingerprint density at radius 3 is 2.56 bits per heavy atom. The van der Waals surface area contributed by atoms with Gasteiger partial charge in [0.25, 0.3) is 0 Å². The van der Waals surface area contributed by atoms with Crippen molar-refractivity contribution < 1.29 is 0 Å². The predicted molar refractivity (Wildman–Crippen MR) is 72.0 cm³/mol. The molecular weight excluding hydrogens is 220 g/mol. The molecule has 0 aliphatic heterocycles. The molecule has 5 rings (SSSR count). The van der Waals surface area contributed by atoms with E-state index >= 15 is 0 Å². The minimum absolute atomic E-state index is 0.406. The monoisotopic (exact) mass is 242 g/mol. The SMILES string of the molecule is NCC1C2CC3CC1CC(c1ccccn1)(C3)C2. The van der Waals surface area contributed by atoms with Crippen LogP contribution in [0.5, 0.6) is 0 Å². The highest BCUT2D eigenvalue weighted by atomic mass is 14.7. The molecule has 1 aromatic rings. The lowest BCUT2D eigenvalue weighted by Gasteiger charge is -2.60. The van der Waals surface area contributed by atoms with Crippen molar-refractivity contribution in [3.05, 3.63) is 30.1 Å². The highest BCUT2D eigenvalue weighted by molar-refractivity contribution is 5.23. The first-order valence-electron chi connectivity index (χ1n) is 7.42. The molecule has 2 N–H and O–H groups in total. The predicted octanol–water partition coefficient (Wildman–Crippen LogP) is 2.73. The van der Waals surface area contributed by atoms with Gasteiger partial charge in [0.1, 0.15) is 0 Å². The molecule has 1 heterocycles. The van der Waals surface area contributed by atoms with E-state index in [9.17, 15) is 0 Å². The van der Waals surface area contributed by atoms with E-state index in [1.807, 2.05) is 12.3 Å². The van der Waals surface area contributed by atoms with Crippen molar-refractivity contribution in [1.82, 2.24) is 4.98 Å². The maximum Gasteiger partial charge on any atom is 0.0465 e. The van der Waals surface area contributed by atoms with Crippen LogP contribution in [0.1, 0.15) is 37.8 Å². The van der Waals surface area contributed by atoms with Gasteiger partial charge in [0.05, 0.1) is 0 Å². The molecule has 4 aliphatic carbocycles. The molecule has 4 fully saturated rings. The van der Waals surface area contributed by atoms with Gasteiger partial charge < -0.3 is 5.73 Å². The summed E-state index contributed by atoms with van der Waals surface area (Å²) in [4.78, 5) is 4.69. The molecule has 1 aromatic heterocycles. The van der Waals surface area contributed by atoms with Gasteiger partial charge in [-0.2, -0.15) is 0 Å². The number of rotatable bonds is 2. The maximum absolute atomic E-state index is 6.02. The third-order valence-electron chi connectivity index (χ3n) is 5.95. The first kappa shape index (κ1) is 11.0. The molecule has 4 bridgehead atoms. The number of hydrogen-bond donors (Lipinski definition) is 1. The summed E-state index contributed by atoms with van der Waals surface area (Å²) >= 11 is 0. The molecule has 96 valence electrons. The fourth-order valence-corrected chi connectivity index (χ4v) is 5.50. The van der Waals surface area contributed by atoms with Crippen LogP contribution in [0, 0.1) is 23.7 Å². The van der Waals surface area contributed by atoms with Crippen molar-refractivity contribution in [3.8, 4) is 0 Å². The third-order valence-corrected chi connectivity index (χ3v) is 5.95. The van der Waals surface area contributed by atoms with Crippen LogP contribution in [0.4, 0.5) is 0 Å². The van der Waals surface area contributed by atoms with Gasteiger partial charge in [-0.1, -0.05) is 6.07 Å². The van der Waals surface area contributed by atoms with Gasteiger partial charge in [0.15, 0.2) is 0 Å². The molecule has 4 saturated carbocycles. The summed E-state index contributed by atoms with van der Waals surface area (Å²) < 4.78 is 0. The molecule has 0 radical (unpaired) electrons. The molecule has 0 saturated heterocycles. The van der Waals surface area contributed by atoms with Crippen molar-refractivity contribution in [2.24, 2.45) is 29.4 Å². The van der Waals surface area contributed by atoms with E-state index in [1.54, 1.807) is 0 Å². The highest BCUT2D eigenvalue weighted by Crippen LogP contribution is 2.62. The summed E-state index contributed by atoms with van der Waals surface area (Å²) in [5.74, 6) is 3.51. The number of nitrogens with two attached hydrogens (primary N) is 1. The van der Waals surface area contributed by atoms with E-state index < -0.39 is 0 Å². The highest BCUT2D eigenvalue weighted by Gasteiger charge is 2.55. The van der Waals surface area contributed by atoms with Gasteiger partial charge in [-0.25, -0.2) is 0 Å². The number of nitrogens with zero attached hydrogens (tertiary/aromatic N) is 1. The van der Waals surface area contributed by atoms with Crippen LogP contribution in [-0.4, -0.2) is 11.5 Å². The Kier molecular flexibility index (Phi) is 2.32. The van der Waals surface area contributed by atoms with Gasteiger partial charge in [-0.3, -0.25) is 4.98 Å². The van der Waals surface area contributed by atoms with Gasteiger partial charge in [-0.15, -0.1) is 0 Å². The Morgan fingerprint density at radius 2 is 1.94 bits per heavy atom. The molecule has 4 aliphatic rings. The van der Waals surface area contributed by atoms with Crippen LogP contribution in [0.25, 0.3) is 0 Å². The van der Waals surface area contributed by atoms with Crippen LogP contribution in [0.2, 0.25) is 0 Å². The van der Waals surface area contributed by atoms with Gasteiger partial charge in [0.2, 0.25) is 0 Å². The third kappa shape index (κ3) is 1.41. The van der Waals surface area contributed by atoms with Crippen LogP contribution in [0.3, 0.4) is 0 Å². The van der Waals surface area contributed by atoms with Crippen LogP contribution >= 0.6 is 0 Å². The summed E-state index contributed by atoms with van der Waals surface area (Å²) in [6.45, 7) is 0.903. The zero-order chi connectivity index (χ0) is 12.2. The topological polar surface area (TPSA) is 38.9 Å². The summed E-state index contributed by atoms with van der Waals surface area (Å²) in [7, 11) is 0. The second-order valence-corrected chi connectivity index (χ2v) is 6.86. The van der Waals surface area contributed by atoms with E-state index in [1.165, 1.54) is 37.8 Å². The van der Waals surface area contributed by atoms with E-state index in [0.29, 0.717) is 5.41 Å². The average Bonchev–Trinajstić information content (AvgIpc) is 2.39. The molecule has 2 nitrogen and oxygen atoms in total. The van der Waals surface area contributed by atoms with Crippen molar-refractivity contribution in [2.45, 2.75) is 37.5 Å². The second kappa shape index (κ2) is 3.80. The summed E-state index contributed by atoms with van der Waals surface area (Å²) in [6.07, 6.45) is 8.92. The van der Waals surface area contributed by atoms with Gasteiger partial charge in [0, 0.05) is 17.3 Å². The van der Waals surface area contributed by atoms with Crippen molar-refractivity contribution in [1.29, 1.82) is 0 Å². The normalized spacial score (nSPS) is 45.4. The van der Waals surface area contributed by atoms with Crippen LogP contribution < -0.4 is 5.73 Å². The van der Waals surface area contributed by atoms with Crippen molar-refractivity contribution in [2.75, 3.05) is 6.54 Å². The van der Waals surface area contributed by atoms with Crippen LogP contribution in [-0.2, 0) is 5.41 Å². The zero-order valence-corrected chi connectivity index (χ0v) is 10.9. The molecule has 0 amide bonds. The summed E-state index contributed by atoms with van der Waals surface area (Å²) in [6, 6.07) is 6.44. The Balaban J connectivity index is 1.73. The smallest absolute Gasteiger partial charge is 0.0465 e. The summed E-state index contributed by atoms with van der Waals surface area (Å²) in [5.41, 5.74) is 7.79. The fourth-order valence-electron chi connectivity index (χ4n) is 5.50. The molecule has 2 unspecified atom stereocenters. The molecule has 2 atom stereocenters. The number of aromatic nitrogens is 1. The standard InChI is InChI=1S/C16H22N2/c17-10-14-12-5-11-6-13(14)9-16(7-11,8-12)15-3-1-2-4-18-15/h1-4,11-14H,5-10,17H2. The average molecular weight is 242 g/mol. The Bertz CT molecular complexity index is 426. The van der Waals surface area contributed by atoms with E-state index in [-0.39, 0.29) is 0 Å². The number of hydrogen-bond acceptors (Lipinski definition) is 2. The quantitative estimate of drug-likeness (QED) is 0.866. The lowest BCUT2D eigenvalue weighted by Crippen LogP contribution is -2.54.